The average molecular weight is 266 g/mol. The zero-order chi connectivity index (χ0) is 14.7. The second-order valence-corrected chi connectivity index (χ2v) is 5.23. The van der Waals surface area contributed by atoms with Gasteiger partial charge in [-0.1, -0.05) is 35.9 Å². The van der Waals surface area contributed by atoms with Gasteiger partial charge in [0.15, 0.2) is 0 Å². The summed E-state index contributed by atoms with van der Waals surface area (Å²) in [6.07, 6.45) is 4.13. The number of methoxy groups -OCH3 is 1. The van der Waals surface area contributed by atoms with Crippen LogP contribution in [0.4, 0.5) is 0 Å². The van der Waals surface area contributed by atoms with E-state index in [0.29, 0.717) is 0 Å². The molecule has 0 aliphatic carbocycles. The van der Waals surface area contributed by atoms with Crippen molar-refractivity contribution in [3.63, 3.8) is 0 Å². The minimum Gasteiger partial charge on any atom is -0.496 e. The Labute approximate surface area is 121 Å². The van der Waals surface area contributed by atoms with E-state index in [2.05, 4.69) is 57.2 Å². The van der Waals surface area contributed by atoms with Crippen molar-refractivity contribution in [3.05, 3.63) is 58.7 Å². The lowest BCUT2D eigenvalue weighted by molar-refractivity contribution is 0.413. The van der Waals surface area contributed by atoms with E-state index < -0.39 is 0 Å². The zero-order valence-electron chi connectivity index (χ0n) is 12.9. The van der Waals surface area contributed by atoms with Gasteiger partial charge in [0.1, 0.15) is 5.75 Å². The van der Waals surface area contributed by atoms with Gasteiger partial charge in [-0.05, 0) is 62.1 Å². The Morgan fingerprint density at radius 3 is 2.25 bits per heavy atom. The number of ether oxygens (including phenoxy) is 1. The maximum Gasteiger partial charge on any atom is 0.126 e. The van der Waals surface area contributed by atoms with Gasteiger partial charge in [-0.2, -0.15) is 0 Å². The van der Waals surface area contributed by atoms with Crippen molar-refractivity contribution in [3.8, 4) is 16.9 Å². The van der Waals surface area contributed by atoms with Gasteiger partial charge in [0.2, 0.25) is 0 Å². The van der Waals surface area contributed by atoms with Gasteiger partial charge in [0.05, 0.1) is 7.11 Å². The molecular weight excluding hydrogens is 244 g/mol. The Balaban J connectivity index is 2.67. The molecule has 2 aromatic carbocycles. The van der Waals surface area contributed by atoms with Crippen LogP contribution in [0.15, 0.2) is 36.4 Å². The molecule has 0 aliphatic heterocycles. The molecule has 20 heavy (non-hydrogen) atoms. The van der Waals surface area contributed by atoms with Crippen molar-refractivity contribution in [2.75, 3.05) is 7.11 Å². The lowest BCUT2D eigenvalue weighted by atomic mass is 9.93. The van der Waals surface area contributed by atoms with Crippen molar-refractivity contribution in [2.24, 2.45) is 0 Å². The molecule has 0 aliphatic rings. The van der Waals surface area contributed by atoms with Gasteiger partial charge >= 0.3 is 0 Å². The molecule has 0 N–H and O–H groups in total. The summed E-state index contributed by atoms with van der Waals surface area (Å²) in [5.74, 6) is 0.926. The summed E-state index contributed by atoms with van der Waals surface area (Å²) in [6.45, 7) is 8.46. The molecule has 0 saturated heterocycles. The van der Waals surface area contributed by atoms with Crippen LogP contribution < -0.4 is 4.74 Å². The van der Waals surface area contributed by atoms with E-state index in [0.717, 1.165) is 11.3 Å². The van der Waals surface area contributed by atoms with E-state index in [1.807, 2.05) is 13.0 Å². The van der Waals surface area contributed by atoms with Gasteiger partial charge in [-0.3, -0.25) is 0 Å². The van der Waals surface area contributed by atoms with Crippen LogP contribution in [0.3, 0.4) is 0 Å². The van der Waals surface area contributed by atoms with Crippen molar-refractivity contribution >= 4 is 6.08 Å². The number of hydrogen-bond acceptors (Lipinski definition) is 1. The average Bonchev–Trinajstić information content (AvgIpc) is 2.43. The first-order chi connectivity index (χ1) is 9.56. The van der Waals surface area contributed by atoms with Gasteiger partial charge < -0.3 is 4.74 Å². The molecule has 0 fully saturated rings. The summed E-state index contributed by atoms with van der Waals surface area (Å²) < 4.78 is 5.47. The van der Waals surface area contributed by atoms with Crippen molar-refractivity contribution in [2.45, 2.75) is 27.7 Å². The van der Waals surface area contributed by atoms with Crippen molar-refractivity contribution < 1.29 is 4.74 Å². The van der Waals surface area contributed by atoms with Crippen LogP contribution in [-0.4, -0.2) is 7.11 Å². The Bertz CT molecular complexity index is 651. The highest BCUT2D eigenvalue weighted by atomic mass is 16.5. The highest BCUT2D eigenvalue weighted by Gasteiger charge is 2.10. The predicted molar refractivity (Wildman–Crippen MR) is 87.3 cm³/mol. The molecule has 2 aromatic rings. The maximum atomic E-state index is 5.47. The minimum absolute atomic E-state index is 0.926. The van der Waals surface area contributed by atoms with Crippen LogP contribution in [-0.2, 0) is 0 Å². The van der Waals surface area contributed by atoms with Crippen molar-refractivity contribution in [1.29, 1.82) is 0 Å². The first-order valence-electron chi connectivity index (χ1n) is 6.95. The summed E-state index contributed by atoms with van der Waals surface area (Å²) in [4.78, 5) is 0. The smallest absolute Gasteiger partial charge is 0.126 e. The molecule has 104 valence electrons. The molecule has 1 nitrogen and oxygen atoms in total. The maximum absolute atomic E-state index is 5.47. The lowest BCUT2D eigenvalue weighted by Crippen LogP contribution is -1.93. The van der Waals surface area contributed by atoms with Gasteiger partial charge in [-0.25, -0.2) is 0 Å². The number of rotatable bonds is 3. The monoisotopic (exact) mass is 266 g/mol. The van der Waals surface area contributed by atoms with Crippen LogP contribution in [0.5, 0.6) is 5.75 Å². The molecule has 0 radical (unpaired) electrons. The molecule has 2 rings (SSSR count). The Morgan fingerprint density at radius 2 is 1.60 bits per heavy atom. The molecule has 0 bridgehead atoms. The highest BCUT2D eigenvalue weighted by Crippen LogP contribution is 2.33. The van der Waals surface area contributed by atoms with Crippen molar-refractivity contribution in [1.82, 2.24) is 0 Å². The SMILES string of the molecule is C/C=C/c1cc(-c2cc(C)ccc2C)c(C)cc1OC. The fourth-order valence-corrected chi connectivity index (χ4v) is 2.50. The first-order valence-corrected chi connectivity index (χ1v) is 6.95. The molecule has 0 unspecified atom stereocenters. The van der Waals surface area contributed by atoms with Crippen LogP contribution in [0.1, 0.15) is 29.2 Å². The van der Waals surface area contributed by atoms with Gasteiger partial charge in [-0.15, -0.1) is 0 Å². The summed E-state index contributed by atoms with van der Waals surface area (Å²) in [6, 6.07) is 10.9. The molecule has 1 heteroatoms. The molecule has 0 atom stereocenters. The molecule has 0 saturated carbocycles. The van der Waals surface area contributed by atoms with Gasteiger partial charge in [0, 0.05) is 5.56 Å². The normalized spacial score (nSPS) is 11.1. The number of hydrogen-bond donors (Lipinski definition) is 0. The van der Waals surface area contributed by atoms with Crippen LogP contribution in [0.25, 0.3) is 17.2 Å². The number of aryl methyl sites for hydroxylation is 3. The largest absolute Gasteiger partial charge is 0.496 e. The summed E-state index contributed by atoms with van der Waals surface area (Å²) in [7, 11) is 1.72. The van der Waals surface area contributed by atoms with E-state index in [1.54, 1.807) is 7.11 Å². The molecule has 0 heterocycles. The fourth-order valence-electron chi connectivity index (χ4n) is 2.50. The zero-order valence-corrected chi connectivity index (χ0v) is 12.9. The summed E-state index contributed by atoms with van der Waals surface area (Å²) in [5, 5.41) is 0. The Morgan fingerprint density at radius 1 is 0.900 bits per heavy atom. The lowest BCUT2D eigenvalue weighted by Gasteiger charge is -2.14. The van der Waals surface area contributed by atoms with E-state index in [4.69, 9.17) is 4.74 Å². The molecule has 0 amide bonds. The first kappa shape index (κ1) is 14.4. The minimum atomic E-state index is 0.926. The van der Waals surface area contributed by atoms with E-state index in [-0.39, 0.29) is 0 Å². The standard InChI is InChI=1S/C19H22O/c1-6-7-16-12-18(15(4)11-19(16)20-5)17-10-13(2)8-9-14(17)3/h6-12H,1-5H3/b7-6+. The van der Waals surface area contributed by atoms with E-state index >= 15 is 0 Å². The van der Waals surface area contributed by atoms with Crippen LogP contribution in [0, 0.1) is 20.8 Å². The highest BCUT2D eigenvalue weighted by molar-refractivity contribution is 5.76. The third kappa shape index (κ3) is 2.77. The predicted octanol–water partition coefficient (Wildman–Crippen LogP) is 5.32. The van der Waals surface area contributed by atoms with E-state index in [9.17, 15) is 0 Å². The summed E-state index contributed by atoms with van der Waals surface area (Å²) >= 11 is 0. The Hall–Kier alpha value is -2.02. The van der Waals surface area contributed by atoms with E-state index in [1.165, 1.54) is 27.8 Å². The van der Waals surface area contributed by atoms with Crippen LogP contribution >= 0.6 is 0 Å². The summed E-state index contributed by atoms with van der Waals surface area (Å²) in [5.41, 5.74) is 7.53. The molecule has 0 aromatic heterocycles. The fraction of sp³-hybridized carbons (Fsp3) is 0.263. The second kappa shape index (κ2) is 5.96. The molecular formula is C19H22O. The molecule has 0 spiro atoms. The Kier molecular flexibility index (Phi) is 4.29. The van der Waals surface area contributed by atoms with Gasteiger partial charge in [0.25, 0.3) is 0 Å². The number of benzene rings is 2. The quantitative estimate of drug-likeness (QED) is 0.730. The third-order valence-corrected chi connectivity index (χ3v) is 3.61. The van der Waals surface area contributed by atoms with Crippen LogP contribution in [0.2, 0.25) is 0 Å². The third-order valence-electron chi connectivity index (χ3n) is 3.61. The topological polar surface area (TPSA) is 9.23 Å². The second-order valence-electron chi connectivity index (χ2n) is 5.23. The number of allylic oxidation sites excluding steroid dienone is 1.